The van der Waals surface area contributed by atoms with Crippen molar-refractivity contribution in [1.29, 1.82) is 0 Å². The number of methoxy groups -OCH3 is 1. The van der Waals surface area contributed by atoms with Gasteiger partial charge in [0.1, 0.15) is 12.1 Å². The fourth-order valence-corrected chi connectivity index (χ4v) is 4.06. The van der Waals surface area contributed by atoms with Crippen molar-refractivity contribution in [3.63, 3.8) is 0 Å². The zero-order valence-corrected chi connectivity index (χ0v) is 23.9. The quantitative estimate of drug-likeness (QED) is 0.139. The van der Waals surface area contributed by atoms with Crippen molar-refractivity contribution in [2.75, 3.05) is 19.5 Å². The maximum atomic E-state index is 13.1. The minimum Gasteiger partial charge on any atom is -0.501 e. The second-order valence-electron chi connectivity index (χ2n) is 9.36. The van der Waals surface area contributed by atoms with Gasteiger partial charge in [-0.1, -0.05) is 49.9 Å². The smallest absolute Gasteiger partial charge is 0.267 e. The fourth-order valence-electron chi connectivity index (χ4n) is 4.06. The lowest BCUT2D eigenvalue weighted by Gasteiger charge is -2.16. The number of aldehydes is 1. The fraction of sp³-hybridized carbons (Fsp3) is 0.273. The molecule has 0 saturated heterocycles. The second kappa shape index (κ2) is 15.4. The van der Waals surface area contributed by atoms with E-state index in [4.69, 9.17) is 9.73 Å². The van der Waals surface area contributed by atoms with Gasteiger partial charge < -0.3 is 15.4 Å². The summed E-state index contributed by atoms with van der Waals surface area (Å²) in [5.74, 6) is -1.39. The Hall–Kier alpha value is -4.26. The van der Waals surface area contributed by atoms with Crippen LogP contribution in [-0.2, 0) is 16.1 Å². The number of alkyl halides is 2. The number of nitrogens with zero attached hydrogens (tertiary/aromatic N) is 1. The normalized spacial score (nSPS) is 14.2. The Kier molecular flexibility index (Phi) is 12.3. The van der Waals surface area contributed by atoms with Gasteiger partial charge in [-0.05, 0) is 66.1 Å². The molecule has 0 fully saturated rings. The summed E-state index contributed by atoms with van der Waals surface area (Å²) < 4.78 is 31.1. The van der Waals surface area contributed by atoms with Gasteiger partial charge in [-0.2, -0.15) is 0 Å². The van der Waals surface area contributed by atoms with E-state index < -0.39 is 5.92 Å². The Morgan fingerprint density at radius 2 is 1.93 bits per heavy atom. The number of allylic oxidation sites excluding steroid dienone is 6. The molecule has 1 aliphatic carbocycles. The average Bonchev–Trinajstić information content (AvgIpc) is 3.18. The predicted molar refractivity (Wildman–Crippen MR) is 162 cm³/mol. The predicted octanol–water partition coefficient (Wildman–Crippen LogP) is 7.63. The second-order valence-corrected chi connectivity index (χ2v) is 9.36. The Morgan fingerprint density at radius 3 is 2.52 bits per heavy atom. The molecule has 0 radical (unpaired) electrons. The lowest BCUT2D eigenvalue weighted by Crippen LogP contribution is -2.20. The third kappa shape index (κ3) is 9.19. The first-order valence-corrected chi connectivity index (χ1v) is 13.0. The minimum absolute atomic E-state index is 0.0217. The van der Waals surface area contributed by atoms with Crippen LogP contribution in [0.5, 0.6) is 0 Å². The summed E-state index contributed by atoms with van der Waals surface area (Å²) in [4.78, 5) is 15.3. The molecule has 5 nitrogen and oxygen atoms in total. The van der Waals surface area contributed by atoms with E-state index in [0.717, 1.165) is 29.6 Å². The van der Waals surface area contributed by atoms with Crippen molar-refractivity contribution in [2.45, 2.75) is 45.6 Å². The molecular formula is C33H39F2N3O2. The molecule has 0 heterocycles. The summed E-state index contributed by atoms with van der Waals surface area (Å²) in [6.07, 6.45) is 8.40. The summed E-state index contributed by atoms with van der Waals surface area (Å²) in [6.45, 7) is 13.4. The average molecular weight is 548 g/mol. The highest BCUT2D eigenvalue weighted by Crippen LogP contribution is 2.31. The number of benzene rings is 2. The zero-order chi connectivity index (χ0) is 29.7. The molecule has 3 rings (SSSR count). The highest BCUT2D eigenvalue weighted by Gasteiger charge is 2.29. The van der Waals surface area contributed by atoms with Crippen LogP contribution >= 0.6 is 0 Å². The van der Waals surface area contributed by atoms with Crippen LogP contribution in [0.4, 0.5) is 14.5 Å². The van der Waals surface area contributed by atoms with E-state index in [9.17, 15) is 13.6 Å². The number of carbonyl (C=O) groups is 1. The first kappa shape index (κ1) is 32.0. The van der Waals surface area contributed by atoms with Crippen LogP contribution in [0.25, 0.3) is 0 Å². The molecule has 2 N–H and O–H groups in total. The molecule has 2 aromatic rings. The van der Waals surface area contributed by atoms with E-state index in [0.29, 0.717) is 24.5 Å². The summed E-state index contributed by atoms with van der Waals surface area (Å²) in [5.41, 5.74) is 5.92. The highest BCUT2D eigenvalue weighted by atomic mass is 19.3. The Bertz CT molecular complexity index is 1320. The summed E-state index contributed by atoms with van der Waals surface area (Å²) >= 11 is 0. The standard InChI is InChI=1S/C22H27N3.C11H12F2O2/c1-6-16(3)20-12-9-13-21(17(20)4)22(24-7-2)25-15-18-10-8-11-19(14-18)23-5;1-11(12,13)9-5-8(7-14)3-4-10(6-9)15-2/h6-14,16,23H,1-2,15H2,3-5H3,(H,24,25);3-5,7H,6H2,1-2H3. The van der Waals surface area contributed by atoms with E-state index in [2.05, 4.69) is 68.0 Å². The number of aliphatic imine (C=N–C) groups is 1. The monoisotopic (exact) mass is 547 g/mol. The van der Waals surface area contributed by atoms with E-state index in [-0.39, 0.29) is 17.6 Å². The van der Waals surface area contributed by atoms with Gasteiger partial charge in [-0.15, -0.1) is 6.58 Å². The number of ether oxygens (including phenoxy) is 1. The van der Waals surface area contributed by atoms with Crippen molar-refractivity contribution in [2.24, 2.45) is 4.99 Å². The van der Waals surface area contributed by atoms with Gasteiger partial charge in [0.15, 0.2) is 0 Å². The summed E-state index contributed by atoms with van der Waals surface area (Å²) in [6, 6.07) is 14.6. The Balaban J connectivity index is 0.000000319. The number of hydrogen-bond donors (Lipinski definition) is 2. The van der Waals surface area contributed by atoms with Gasteiger partial charge >= 0.3 is 0 Å². The number of nitrogens with one attached hydrogen (secondary N) is 2. The molecule has 212 valence electrons. The molecule has 2 aromatic carbocycles. The Morgan fingerprint density at radius 1 is 1.20 bits per heavy atom. The van der Waals surface area contributed by atoms with Gasteiger partial charge in [0.05, 0.1) is 19.4 Å². The van der Waals surface area contributed by atoms with Crippen molar-refractivity contribution in [3.8, 4) is 0 Å². The number of halogens is 2. The topological polar surface area (TPSA) is 62.7 Å². The van der Waals surface area contributed by atoms with Gasteiger partial charge in [-0.25, -0.2) is 8.78 Å². The molecule has 1 unspecified atom stereocenters. The van der Waals surface area contributed by atoms with Crippen LogP contribution in [0, 0.1) is 6.92 Å². The van der Waals surface area contributed by atoms with Crippen molar-refractivity contribution < 1.29 is 18.3 Å². The molecule has 40 heavy (non-hydrogen) atoms. The lowest BCUT2D eigenvalue weighted by atomic mass is 9.92. The van der Waals surface area contributed by atoms with Gasteiger partial charge in [0, 0.05) is 42.8 Å². The van der Waals surface area contributed by atoms with Crippen LogP contribution < -0.4 is 10.6 Å². The first-order valence-electron chi connectivity index (χ1n) is 13.0. The number of anilines is 1. The van der Waals surface area contributed by atoms with Gasteiger partial charge in [0.2, 0.25) is 0 Å². The van der Waals surface area contributed by atoms with Crippen LogP contribution in [0.15, 0.2) is 108 Å². The molecule has 0 aliphatic heterocycles. The van der Waals surface area contributed by atoms with Crippen LogP contribution in [0.1, 0.15) is 48.4 Å². The molecule has 0 amide bonds. The third-order valence-electron chi connectivity index (χ3n) is 6.48. The summed E-state index contributed by atoms with van der Waals surface area (Å²) in [7, 11) is 3.33. The maximum Gasteiger partial charge on any atom is 0.267 e. The van der Waals surface area contributed by atoms with Crippen molar-refractivity contribution >= 4 is 17.8 Å². The van der Waals surface area contributed by atoms with Gasteiger partial charge in [-0.3, -0.25) is 9.79 Å². The third-order valence-corrected chi connectivity index (χ3v) is 6.48. The van der Waals surface area contributed by atoms with Crippen LogP contribution in [0.3, 0.4) is 0 Å². The molecule has 7 heteroatoms. The lowest BCUT2D eigenvalue weighted by molar-refractivity contribution is -0.104. The van der Waals surface area contributed by atoms with E-state index in [1.54, 1.807) is 6.20 Å². The van der Waals surface area contributed by atoms with E-state index >= 15 is 0 Å². The van der Waals surface area contributed by atoms with Crippen molar-refractivity contribution in [1.82, 2.24) is 5.32 Å². The molecule has 0 saturated carbocycles. The van der Waals surface area contributed by atoms with E-state index in [1.165, 1.54) is 36.5 Å². The van der Waals surface area contributed by atoms with Gasteiger partial charge in [0.25, 0.3) is 5.92 Å². The SMILES string of the molecule is C=CNC(=NCc1cccc(NC)c1)c1cccc(C(C)C=C)c1C.COC1=CC=C(C=O)C=C(C(C)(F)F)C1. The summed E-state index contributed by atoms with van der Waals surface area (Å²) in [5, 5.41) is 6.35. The number of rotatable bonds is 10. The highest BCUT2D eigenvalue weighted by molar-refractivity contribution is 6.00. The molecule has 1 aliphatic rings. The van der Waals surface area contributed by atoms with Crippen LogP contribution in [-0.4, -0.2) is 32.2 Å². The Labute approximate surface area is 236 Å². The molecule has 0 aromatic heterocycles. The molecule has 1 atom stereocenters. The maximum absolute atomic E-state index is 13.1. The van der Waals surface area contributed by atoms with Crippen LogP contribution in [0.2, 0.25) is 0 Å². The zero-order valence-electron chi connectivity index (χ0n) is 23.9. The largest absolute Gasteiger partial charge is 0.501 e. The molecular weight excluding hydrogens is 508 g/mol. The molecule has 0 spiro atoms. The number of carbonyl (C=O) groups excluding carboxylic acids is 1. The first-order chi connectivity index (χ1) is 19.1. The molecule has 0 bridgehead atoms. The number of hydrogen-bond acceptors (Lipinski definition) is 4. The number of amidine groups is 1. The van der Waals surface area contributed by atoms with Crippen molar-refractivity contribution in [3.05, 3.63) is 125 Å². The van der Waals surface area contributed by atoms with E-state index in [1.807, 2.05) is 25.3 Å². The minimum atomic E-state index is -2.94.